The Labute approximate surface area is 188 Å². The van der Waals surface area contributed by atoms with Gasteiger partial charge in [0.05, 0.1) is 10.6 Å². The van der Waals surface area contributed by atoms with Crippen LogP contribution in [-0.4, -0.2) is 46.2 Å². The normalized spacial score (nSPS) is 16.2. The van der Waals surface area contributed by atoms with Gasteiger partial charge in [0.1, 0.15) is 0 Å². The van der Waals surface area contributed by atoms with Gasteiger partial charge in [-0.3, -0.25) is 9.79 Å². The average Bonchev–Trinajstić information content (AvgIpc) is 2.70. The van der Waals surface area contributed by atoms with Gasteiger partial charge in [0.2, 0.25) is 5.91 Å². The van der Waals surface area contributed by atoms with Gasteiger partial charge < -0.3 is 16.0 Å². The Morgan fingerprint density at radius 2 is 1.79 bits per heavy atom. The molecular weight excluding hydrogens is 503 g/mol. The monoisotopic (exact) mass is 528 g/mol. The molecule has 9 heteroatoms. The fourth-order valence-electron chi connectivity index (χ4n) is 3.17. The molecule has 29 heavy (non-hydrogen) atoms. The van der Waals surface area contributed by atoms with Crippen molar-refractivity contribution in [3.05, 3.63) is 60.2 Å². The third-order valence-electron chi connectivity index (χ3n) is 4.61. The molecule has 0 bridgehead atoms. The smallest absolute Gasteiger partial charge is 0.225 e. The van der Waals surface area contributed by atoms with Gasteiger partial charge >= 0.3 is 0 Å². The van der Waals surface area contributed by atoms with Crippen LogP contribution in [0, 0.1) is 0 Å². The maximum absolute atomic E-state index is 12.3. The van der Waals surface area contributed by atoms with Crippen molar-refractivity contribution in [2.45, 2.75) is 17.2 Å². The number of carbonyl (C=O) groups is 1. The van der Waals surface area contributed by atoms with Crippen LogP contribution >= 0.6 is 24.0 Å². The zero-order valence-corrected chi connectivity index (χ0v) is 19.2. The number of sulfone groups is 1. The predicted octanol–water partition coefficient (Wildman–Crippen LogP) is 2.37. The van der Waals surface area contributed by atoms with Gasteiger partial charge in [-0.1, -0.05) is 36.4 Å². The van der Waals surface area contributed by atoms with Crippen molar-refractivity contribution in [1.82, 2.24) is 10.6 Å². The second-order valence-corrected chi connectivity index (χ2v) is 8.66. The number of nitrogens with one attached hydrogen (secondary N) is 3. The van der Waals surface area contributed by atoms with Crippen LogP contribution in [-0.2, 0) is 14.6 Å². The SMILES string of the molecule is CN=C(NCCS(=O)(=O)c1ccccc1)NCC1CC(=O)Nc2ccccc21.I. The molecule has 3 rings (SSSR count). The van der Waals surface area contributed by atoms with Gasteiger partial charge in [0, 0.05) is 38.2 Å². The number of rotatable bonds is 6. The Morgan fingerprint density at radius 1 is 1.10 bits per heavy atom. The quantitative estimate of drug-likeness (QED) is 0.304. The minimum atomic E-state index is -3.35. The minimum Gasteiger partial charge on any atom is -0.356 e. The Kier molecular flexibility index (Phi) is 8.45. The first-order valence-electron chi connectivity index (χ1n) is 9.10. The zero-order chi connectivity index (χ0) is 20.0. The number of para-hydroxylation sites is 1. The number of hydrogen-bond acceptors (Lipinski definition) is 4. The molecule has 1 unspecified atom stereocenters. The first-order valence-corrected chi connectivity index (χ1v) is 10.8. The van der Waals surface area contributed by atoms with Crippen LogP contribution in [0.1, 0.15) is 17.9 Å². The summed E-state index contributed by atoms with van der Waals surface area (Å²) >= 11 is 0. The summed E-state index contributed by atoms with van der Waals surface area (Å²) in [5.74, 6) is 0.484. The molecule has 2 aromatic rings. The molecule has 0 spiro atoms. The van der Waals surface area contributed by atoms with Crippen molar-refractivity contribution in [1.29, 1.82) is 0 Å². The van der Waals surface area contributed by atoms with E-state index in [0.29, 0.717) is 23.8 Å². The summed E-state index contributed by atoms with van der Waals surface area (Å²) in [5, 5.41) is 9.10. The lowest BCUT2D eigenvalue weighted by molar-refractivity contribution is -0.116. The lowest BCUT2D eigenvalue weighted by atomic mass is 9.90. The molecule has 0 saturated heterocycles. The first-order chi connectivity index (χ1) is 13.5. The van der Waals surface area contributed by atoms with Crippen LogP contribution in [0.25, 0.3) is 0 Å². The van der Waals surface area contributed by atoms with E-state index in [1.807, 2.05) is 24.3 Å². The van der Waals surface area contributed by atoms with Gasteiger partial charge in [-0.05, 0) is 23.8 Å². The minimum absolute atomic E-state index is 0. The fourth-order valence-corrected chi connectivity index (χ4v) is 4.35. The Balaban J connectivity index is 0.00000300. The highest BCUT2D eigenvalue weighted by molar-refractivity contribution is 14.0. The molecule has 0 saturated carbocycles. The number of hydrogen-bond donors (Lipinski definition) is 3. The van der Waals surface area contributed by atoms with Gasteiger partial charge in [-0.15, -0.1) is 24.0 Å². The topological polar surface area (TPSA) is 99.7 Å². The fraction of sp³-hybridized carbons (Fsp3) is 0.300. The number of halogens is 1. The molecule has 0 aliphatic carbocycles. The van der Waals surface area contributed by atoms with E-state index in [1.165, 1.54) is 0 Å². The van der Waals surface area contributed by atoms with Crippen LogP contribution in [0.4, 0.5) is 5.69 Å². The summed E-state index contributed by atoms with van der Waals surface area (Å²) < 4.78 is 24.7. The van der Waals surface area contributed by atoms with Crippen molar-refractivity contribution in [3.8, 4) is 0 Å². The Hall–Kier alpha value is -2.14. The van der Waals surface area contributed by atoms with Gasteiger partial charge in [-0.2, -0.15) is 0 Å². The Bertz CT molecular complexity index is 965. The van der Waals surface area contributed by atoms with E-state index >= 15 is 0 Å². The molecule has 7 nitrogen and oxygen atoms in total. The van der Waals surface area contributed by atoms with E-state index in [0.717, 1.165) is 11.3 Å². The Morgan fingerprint density at radius 3 is 2.52 bits per heavy atom. The second-order valence-electron chi connectivity index (χ2n) is 6.55. The van der Waals surface area contributed by atoms with Gasteiger partial charge in [-0.25, -0.2) is 8.42 Å². The number of carbonyl (C=O) groups excluding carboxylic acids is 1. The first kappa shape index (κ1) is 23.1. The molecule has 156 valence electrons. The van der Waals surface area contributed by atoms with Crippen LogP contribution < -0.4 is 16.0 Å². The van der Waals surface area contributed by atoms with Crippen molar-refractivity contribution < 1.29 is 13.2 Å². The maximum Gasteiger partial charge on any atom is 0.225 e. The van der Waals surface area contributed by atoms with Crippen molar-refractivity contribution in [3.63, 3.8) is 0 Å². The molecule has 0 aromatic heterocycles. The van der Waals surface area contributed by atoms with E-state index in [2.05, 4.69) is 20.9 Å². The van der Waals surface area contributed by atoms with E-state index < -0.39 is 9.84 Å². The third-order valence-corrected chi connectivity index (χ3v) is 6.34. The zero-order valence-electron chi connectivity index (χ0n) is 16.1. The number of amides is 1. The third kappa shape index (κ3) is 6.17. The number of fused-ring (bicyclic) bond motifs is 1. The standard InChI is InChI=1S/C20H24N4O3S.HI/c1-21-20(22-11-12-28(26,27)16-7-3-2-4-8-16)23-14-15-13-19(25)24-18-10-6-5-9-17(15)18;/h2-10,15H,11-14H2,1H3,(H,24,25)(H2,21,22,23);1H. The van der Waals surface area contributed by atoms with Crippen LogP contribution in [0.2, 0.25) is 0 Å². The van der Waals surface area contributed by atoms with Crippen LogP contribution in [0.5, 0.6) is 0 Å². The van der Waals surface area contributed by atoms with E-state index in [4.69, 9.17) is 0 Å². The molecular formula is C20H25IN4O3S. The molecule has 3 N–H and O–H groups in total. The van der Waals surface area contributed by atoms with Crippen molar-refractivity contribution in [2.75, 3.05) is 31.2 Å². The summed E-state index contributed by atoms with van der Waals surface area (Å²) in [6.07, 6.45) is 0.392. The molecule has 1 aliphatic rings. The van der Waals surface area contributed by atoms with Crippen LogP contribution in [0.15, 0.2) is 64.5 Å². The molecule has 1 heterocycles. The van der Waals surface area contributed by atoms with E-state index in [9.17, 15) is 13.2 Å². The number of benzene rings is 2. The lowest BCUT2D eigenvalue weighted by Crippen LogP contribution is -2.42. The summed E-state index contributed by atoms with van der Waals surface area (Å²) in [6, 6.07) is 16.1. The lowest BCUT2D eigenvalue weighted by Gasteiger charge is -2.26. The van der Waals surface area contributed by atoms with Gasteiger partial charge in [0.15, 0.2) is 15.8 Å². The van der Waals surface area contributed by atoms with Gasteiger partial charge in [0.25, 0.3) is 0 Å². The summed E-state index contributed by atoms with van der Waals surface area (Å²) in [6.45, 7) is 0.758. The highest BCUT2D eigenvalue weighted by Gasteiger charge is 2.24. The molecule has 1 aliphatic heterocycles. The van der Waals surface area contributed by atoms with E-state index in [1.54, 1.807) is 37.4 Å². The number of guanidine groups is 1. The van der Waals surface area contributed by atoms with Crippen molar-refractivity contribution >= 4 is 51.4 Å². The largest absolute Gasteiger partial charge is 0.356 e. The van der Waals surface area contributed by atoms with Crippen molar-refractivity contribution in [2.24, 2.45) is 4.99 Å². The van der Waals surface area contributed by atoms with E-state index in [-0.39, 0.29) is 48.1 Å². The number of anilines is 1. The second kappa shape index (κ2) is 10.6. The summed E-state index contributed by atoms with van der Waals surface area (Å²) in [7, 11) is -1.72. The molecule has 0 radical (unpaired) electrons. The highest BCUT2D eigenvalue weighted by Crippen LogP contribution is 2.31. The maximum atomic E-state index is 12.3. The van der Waals surface area contributed by atoms with Crippen LogP contribution in [0.3, 0.4) is 0 Å². The summed E-state index contributed by atoms with van der Waals surface area (Å²) in [4.78, 5) is 16.4. The number of nitrogens with zero attached hydrogens (tertiary/aromatic N) is 1. The predicted molar refractivity (Wildman–Crippen MR) is 126 cm³/mol. The summed E-state index contributed by atoms with van der Waals surface area (Å²) in [5.41, 5.74) is 1.92. The highest BCUT2D eigenvalue weighted by atomic mass is 127. The molecule has 1 atom stereocenters. The molecule has 2 aromatic carbocycles. The molecule has 1 amide bonds. The molecule has 0 fully saturated rings. The number of aliphatic imine (C=N–C) groups is 1. The average molecular weight is 528 g/mol.